The Morgan fingerprint density at radius 3 is 1.34 bits per heavy atom. The molecule has 224 valence electrons. The molecule has 6 rings (SSSR count). The molecule has 0 saturated heterocycles. The van der Waals surface area contributed by atoms with Gasteiger partial charge < -0.3 is 0 Å². The van der Waals surface area contributed by atoms with Crippen molar-refractivity contribution in [1.29, 1.82) is 5.41 Å². The summed E-state index contributed by atoms with van der Waals surface area (Å²) in [6.45, 7) is 26.6. The number of fused-ring (bicyclic) bond motifs is 6. The minimum absolute atomic E-state index is 0.0842. The maximum absolute atomic E-state index is 9.03. The fraction of sp³-hybridized carbons (Fsp3) is 0.341. The summed E-state index contributed by atoms with van der Waals surface area (Å²) in [5.74, 6) is 0.660. The number of benzene rings is 4. The molecular weight excluding hydrogens is 534 g/mol. The van der Waals surface area contributed by atoms with Crippen molar-refractivity contribution < 1.29 is 0 Å². The Labute approximate surface area is 263 Å². The molecule has 0 bridgehead atoms. The zero-order valence-corrected chi connectivity index (χ0v) is 28.0. The zero-order valence-electron chi connectivity index (χ0n) is 28.0. The molecular formula is C41H45N3. The normalized spacial score (nSPS) is 16.2. The summed E-state index contributed by atoms with van der Waals surface area (Å²) in [5.41, 5.74) is 14.4. The van der Waals surface area contributed by atoms with E-state index in [1.54, 1.807) is 0 Å². The smallest absolute Gasteiger partial charge is 0.161 e. The number of amidine groups is 2. The number of hydrogen-bond donors (Lipinski definition) is 1. The van der Waals surface area contributed by atoms with Gasteiger partial charge >= 0.3 is 0 Å². The topological polar surface area (TPSA) is 48.6 Å². The van der Waals surface area contributed by atoms with Crippen molar-refractivity contribution in [3.05, 3.63) is 117 Å². The third-order valence-electron chi connectivity index (χ3n) is 9.98. The third kappa shape index (κ3) is 4.60. The first-order valence-electron chi connectivity index (χ1n) is 15.7. The molecule has 1 N–H and O–H groups in total. The van der Waals surface area contributed by atoms with E-state index in [1.807, 2.05) is 6.07 Å². The Balaban J connectivity index is 1.34. The maximum Gasteiger partial charge on any atom is 0.161 e. The van der Waals surface area contributed by atoms with Crippen molar-refractivity contribution >= 4 is 18.4 Å². The summed E-state index contributed by atoms with van der Waals surface area (Å²) < 4.78 is 0. The van der Waals surface area contributed by atoms with E-state index in [1.165, 1.54) is 55.6 Å². The lowest BCUT2D eigenvalue weighted by Crippen LogP contribution is -2.18. The SMILES string of the molecule is C=NC(=NC(=N)c1ccc2c(c1)C(C)(C)c1cc(C(C)(C)C)ccc1-2)c1ccc2c(c1)C(C)(C)c1cc(C(C)(C)C)ccc1-2. The molecule has 0 atom stereocenters. The summed E-state index contributed by atoms with van der Waals surface area (Å²) in [5, 5.41) is 9.03. The van der Waals surface area contributed by atoms with Crippen molar-refractivity contribution in [1.82, 2.24) is 0 Å². The van der Waals surface area contributed by atoms with Crippen LogP contribution >= 0.6 is 0 Å². The van der Waals surface area contributed by atoms with E-state index < -0.39 is 0 Å². The van der Waals surface area contributed by atoms with E-state index in [-0.39, 0.29) is 27.5 Å². The molecule has 2 aliphatic rings. The minimum atomic E-state index is -0.168. The highest BCUT2D eigenvalue weighted by Crippen LogP contribution is 2.51. The van der Waals surface area contributed by atoms with Gasteiger partial charge in [-0.15, -0.1) is 0 Å². The molecule has 0 aromatic heterocycles. The molecule has 2 aliphatic carbocycles. The van der Waals surface area contributed by atoms with Gasteiger partial charge in [0.05, 0.1) is 0 Å². The van der Waals surface area contributed by atoms with Crippen LogP contribution in [0.15, 0.2) is 82.8 Å². The minimum Gasteiger partial charge on any atom is -0.282 e. The van der Waals surface area contributed by atoms with Gasteiger partial charge in [0.2, 0.25) is 0 Å². The highest BCUT2D eigenvalue weighted by atomic mass is 14.9. The van der Waals surface area contributed by atoms with Gasteiger partial charge in [0, 0.05) is 22.0 Å². The molecule has 3 heteroatoms. The number of rotatable bonds is 2. The maximum atomic E-state index is 9.03. The summed E-state index contributed by atoms with van der Waals surface area (Å²) in [4.78, 5) is 9.06. The van der Waals surface area contributed by atoms with Crippen molar-refractivity contribution in [2.24, 2.45) is 9.98 Å². The highest BCUT2D eigenvalue weighted by Gasteiger charge is 2.38. The average molecular weight is 580 g/mol. The van der Waals surface area contributed by atoms with Crippen LogP contribution in [0.3, 0.4) is 0 Å². The fourth-order valence-electron chi connectivity index (χ4n) is 7.06. The second-order valence-corrected chi connectivity index (χ2v) is 15.7. The lowest BCUT2D eigenvalue weighted by Gasteiger charge is -2.25. The second-order valence-electron chi connectivity index (χ2n) is 15.7. The van der Waals surface area contributed by atoms with E-state index in [9.17, 15) is 0 Å². The van der Waals surface area contributed by atoms with Crippen LogP contribution in [0.2, 0.25) is 0 Å². The molecule has 3 nitrogen and oxygen atoms in total. The molecule has 0 aliphatic heterocycles. The first-order valence-corrected chi connectivity index (χ1v) is 15.7. The summed E-state index contributed by atoms with van der Waals surface area (Å²) in [6.07, 6.45) is 0. The lowest BCUT2D eigenvalue weighted by atomic mass is 9.79. The Morgan fingerprint density at radius 1 is 0.568 bits per heavy atom. The molecule has 4 aromatic rings. The number of nitrogens with one attached hydrogen (secondary N) is 1. The van der Waals surface area contributed by atoms with Crippen LogP contribution in [0.1, 0.15) is 114 Å². The van der Waals surface area contributed by atoms with Crippen molar-refractivity contribution in [2.45, 2.75) is 90.9 Å². The summed E-state index contributed by atoms with van der Waals surface area (Å²) >= 11 is 0. The van der Waals surface area contributed by atoms with Gasteiger partial charge in [-0.05, 0) is 85.3 Å². The van der Waals surface area contributed by atoms with Crippen LogP contribution in [0, 0.1) is 5.41 Å². The molecule has 0 saturated carbocycles. The van der Waals surface area contributed by atoms with Crippen molar-refractivity contribution in [3.8, 4) is 22.3 Å². The molecule has 0 fully saturated rings. The quantitative estimate of drug-likeness (QED) is 0.181. The van der Waals surface area contributed by atoms with E-state index in [2.05, 4.69) is 148 Å². The Bertz CT molecular complexity index is 1900. The first kappa shape index (κ1) is 29.9. The highest BCUT2D eigenvalue weighted by molar-refractivity contribution is 6.12. The van der Waals surface area contributed by atoms with Gasteiger partial charge in [0.15, 0.2) is 11.7 Å². The Kier molecular flexibility index (Phi) is 6.60. The van der Waals surface area contributed by atoms with Crippen LogP contribution in [0.5, 0.6) is 0 Å². The van der Waals surface area contributed by atoms with Gasteiger partial charge in [-0.2, -0.15) is 0 Å². The van der Waals surface area contributed by atoms with Gasteiger partial charge in [-0.3, -0.25) is 5.41 Å². The summed E-state index contributed by atoms with van der Waals surface area (Å²) in [6, 6.07) is 26.6. The molecule has 0 heterocycles. The van der Waals surface area contributed by atoms with Crippen LogP contribution in [-0.2, 0) is 21.7 Å². The second kappa shape index (κ2) is 9.69. The predicted octanol–water partition coefficient (Wildman–Crippen LogP) is 10.4. The Hall–Kier alpha value is -4.11. The Morgan fingerprint density at radius 2 is 0.932 bits per heavy atom. The number of nitrogens with zero attached hydrogens (tertiary/aromatic N) is 2. The average Bonchev–Trinajstić information content (AvgIpc) is 3.33. The van der Waals surface area contributed by atoms with Crippen LogP contribution in [0.25, 0.3) is 22.3 Å². The zero-order chi connectivity index (χ0) is 32.0. The van der Waals surface area contributed by atoms with E-state index in [4.69, 9.17) is 10.4 Å². The predicted molar refractivity (Wildman–Crippen MR) is 188 cm³/mol. The molecule has 0 spiro atoms. The van der Waals surface area contributed by atoms with Crippen LogP contribution in [-0.4, -0.2) is 18.4 Å². The van der Waals surface area contributed by atoms with Gasteiger partial charge in [0.1, 0.15) is 0 Å². The standard InChI is InChI=1S/C41H45N3/c1-38(2,3)26-14-18-30-28-16-12-24(20-32(28)40(7,8)34(30)22-26)36(42)44-37(43-11)25-13-17-29-31-19-15-27(39(4,5)6)23-35(31)41(9,10)33(29)21-25/h12-23,42H,11H2,1-10H3. The molecule has 0 amide bonds. The lowest BCUT2D eigenvalue weighted by molar-refractivity contribution is 0.584. The molecule has 0 unspecified atom stereocenters. The van der Waals surface area contributed by atoms with Crippen LogP contribution in [0.4, 0.5) is 0 Å². The largest absolute Gasteiger partial charge is 0.282 e. The molecule has 0 radical (unpaired) electrons. The number of aliphatic imine (C=N–C) groups is 2. The van der Waals surface area contributed by atoms with Crippen LogP contribution < -0.4 is 0 Å². The van der Waals surface area contributed by atoms with E-state index in [0.717, 1.165) is 11.1 Å². The fourth-order valence-corrected chi connectivity index (χ4v) is 7.06. The molecule has 44 heavy (non-hydrogen) atoms. The number of hydrogen-bond acceptors (Lipinski definition) is 1. The van der Waals surface area contributed by atoms with Gasteiger partial charge in [0.25, 0.3) is 0 Å². The third-order valence-corrected chi connectivity index (χ3v) is 9.98. The van der Waals surface area contributed by atoms with E-state index in [0.29, 0.717) is 5.84 Å². The van der Waals surface area contributed by atoms with E-state index >= 15 is 0 Å². The van der Waals surface area contributed by atoms with Gasteiger partial charge in [-0.25, -0.2) is 9.98 Å². The first-order chi connectivity index (χ1) is 20.4. The molecule has 4 aromatic carbocycles. The monoisotopic (exact) mass is 579 g/mol. The summed E-state index contributed by atoms with van der Waals surface area (Å²) in [7, 11) is 0. The van der Waals surface area contributed by atoms with Crippen molar-refractivity contribution in [3.63, 3.8) is 0 Å². The van der Waals surface area contributed by atoms with Gasteiger partial charge in [-0.1, -0.05) is 130 Å². The van der Waals surface area contributed by atoms with Crippen molar-refractivity contribution in [2.75, 3.05) is 0 Å².